The summed E-state index contributed by atoms with van der Waals surface area (Å²) in [5.74, 6) is -0.0223. The largest absolute Gasteiger partial charge is 0.364 e. The maximum absolute atomic E-state index is 12.2. The molecule has 2 aliphatic rings. The highest BCUT2D eigenvalue weighted by Crippen LogP contribution is 2.19. The lowest BCUT2D eigenvalue weighted by atomic mass is 10.1. The normalized spacial score (nSPS) is 22.9. The van der Waals surface area contributed by atoms with E-state index in [9.17, 15) is 4.79 Å². The Hall–Kier alpha value is -0.850. The number of hydrogen-bond acceptors (Lipinski definition) is 4. The Morgan fingerprint density at radius 1 is 1.20 bits per heavy atom. The van der Waals surface area contributed by atoms with Crippen LogP contribution in [0.5, 0.6) is 0 Å². The Kier molecular flexibility index (Phi) is 9.75. The molecule has 0 spiro atoms. The first-order valence-corrected chi connectivity index (χ1v) is 8.68. The molecule has 0 aliphatic carbocycles. The molecule has 5 nitrogen and oxygen atoms in total. The smallest absolute Gasteiger partial charge is 0.249 e. The number of amides is 1. The first-order valence-electron chi connectivity index (χ1n) is 8.68. The third kappa shape index (κ3) is 6.42. The van der Waals surface area contributed by atoms with E-state index in [0.29, 0.717) is 13.1 Å². The van der Waals surface area contributed by atoms with Crippen LogP contribution >= 0.6 is 24.8 Å². The van der Waals surface area contributed by atoms with Gasteiger partial charge in [0.1, 0.15) is 6.10 Å². The van der Waals surface area contributed by atoms with Crippen LogP contribution in [0.2, 0.25) is 0 Å². The molecule has 0 radical (unpaired) electrons. The molecule has 142 valence electrons. The highest BCUT2D eigenvalue weighted by molar-refractivity contribution is 5.85. The third-order valence-corrected chi connectivity index (χ3v) is 4.73. The van der Waals surface area contributed by atoms with Crippen LogP contribution in [0.3, 0.4) is 0 Å². The lowest BCUT2D eigenvalue weighted by Crippen LogP contribution is -2.35. The van der Waals surface area contributed by atoms with E-state index in [4.69, 9.17) is 10.5 Å². The highest BCUT2D eigenvalue weighted by Gasteiger charge is 2.29. The first kappa shape index (κ1) is 22.2. The van der Waals surface area contributed by atoms with Crippen LogP contribution < -0.4 is 11.1 Å². The predicted molar refractivity (Wildman–Crippen MR) is 104 cm³/mol. The van der Waals surface area contributed by atoms with E-state index in [1.165, 1.54) is 31.5 Å². The van der Waals surface area contributed by atoms with E-state index < -0.39 is 0 Å². The van der Waals surface area contributed by atoms with Crippen molar-refractivity contribution in [3.63, 3.8) is 0 Å². The molecule has 25 heavy (non-hydrogen) atoms. The van der Waals surface area contributed by atoms with Gasteiger partial charge in [0.15, 0.2) is 0 Å². The second kappa shape index (κ2) is 11.0. The maximum Gasteiger partial charge on any atom is 0.249 e. The van der Waals surface area contributed by atoms with Gasteiger partial charge in [-0.2, -0.15) is 0 Å². The fourth-order valence-corrected chi connectivity index (χ4v) is 3.41. The van der Waals surface area contributed by atoms with Gasteiger partial charge < -0.3 is 15.8 Å². The molecule has 2 fully saturated rings. The number of carbonyl (C=O) groups excluding carboxylic acids is 1. The number of likely N-dealkylation sites (tertiary alicyclic amines) is 1. The molecule has 0 aromatic heterocycles. The molecule has 1 amide bonds. The first-order chi connectivity index (χ1) is 11.2. The molecule has 7 heteroatoms. The van der Waals surface area contributed by atoms with Gasteiger partial charge in [0.2, 0.25) is 5.91 Å². The van der Waals surface area contributed by atoms with Crippen molar-refractivity contribution in [2.75, 3.05) is 19.6 Å². The number of halogens is 2. The zero-order chi connectivity index (χ0) is 16.1. The standard InChI is InChI=1S/C18H27N3O2.2ClH/c19-11-16-6-7-17(23-16)18(22)20-12-14-4-3-5-15(10-14)13-21-8-1-2-9-21;;/h3-5,10,16-17H,1-2,6-9,11-13,19H2,(H,20,22);2*1H/t16-,17+;;/m1../s1. The van der Waals surface area contributed by atoms with E-state index in [1.54, 1.807) is 0 Å². The predicted octanol–water partition coefficient (Wildman–Crippen LogP) is 2.25. The minimum Gasteiger partial charge on any atom is -0.364 e. The molecule has 0 unspecified atom stereocenters. The second-order valence-electron chi connectivity index (χ2n) is 6.58. The van der Waals surface area contributed by atoms with Crippen LogP contribution in [0.15, 0.2) is 24.3 Å². The Bertz CT molecular complexity index is 539. The van der Waals surface area contributed by atoms with Crippen molar-refractivity contribution in [2.45, 2.75) is 51.0 Å². The zero-order valence-corrected chi connectivity index (χ0v) is 16.1. The Morgan fingerprint density at radius 3 is 2.60 bits per heavy atom. The van der Waals surface area contributed by atoms with Crippen molar-refractivity contribution >= 4 is 30.7 Å². The second-order valence-corrected chi connectivity index (χ2v) is 6.58. The van der Waals surface area contributed by atoms with Gasteiger partial charge in [0.05, 0.1) is 6.10 Å². The average Bonchev–Trinajstić information content (AvgIpc) is 3.24. The van der Waals surface area contributed by atoms with E-state index >= 15 is 0 Å². The number of ether oxygens (including phenoxy) is 1. The van der Waals surface area contributed by atoms with Gasteiger partial charge in [0.25, 0.3) is 0 Å². The van der Waals surface area contributed by atoms with Crippen molar-refractivity contribution in [3.05, 3.63) is 35.4 Å². The lowest BCUT2D eigenvalue weighted by molar-refractivity contribution is -0.132. The summed E-state index contributed by atoms with van der Waals surface area (Å²) in [6, 6.07) is 8.49. The van der Waals surface area contributed by atoms with E-state index in [0.717, 1.165) is 24.9 Å². The van der Waals surface area contributed by atoms with Crippen molar-refractivity contribution < 1.29 is 9.53 Å². The average molecular weight is 390 g/mol. The third-order valence-electron chi connectivity index (χ3n) is 4.73. The minimum atomic E-state index is -0.337. The van der Waals surface area contributed by atoms with Crippen LogP contribution in [0.1, 0.15) is 36.8 Å². The Morgan fingerprint density at radius 2 is 1.92 bits per heavy atom. The Balaban J connectivity index is 0.00000156. The highest BCUT2D eigenvalue weighted by atomic mass is 35.5. The summed E-state index contributed by atoms with van der Waals surface area (Å²) in [5.41, 5.74) is 8.04. The van der Waals surface area contributed by atoms with Crippen LogP contribution in [0, 0.1) is 0 Å². The number of nitrogens with one attached hydrogen (secondary N) is 1. The fraction of sp³-hybridized carbons (Fsp3) is 0.611. The summed E-state index contributed by atoms with van der Waals surface area (Å²) in [5, 5.41) is 2.99. The number of rotatable bonds is 6. The summed E-state index contributed by atoms with van der Waals surface area (Å²) in [6.45, 7) is 4.44. The van der Waals surface area contributed by atoms with Crippen molar-refractivity contribution in [1.29, 1.82) is 0 Å². The van der Waals surface area contributed by atoms with E-state index in [-0.39, 0.29) is 42.9 Å². The summed E-state index contributed by atoms with van der Waals surface area (Å²) in [6.07, 6.45) is 3.95. The maximum atomic E-state index is 12.2. The van der Waals surface area contributed by atoms with Gasteiger partial charge >= 0.3 is 0 Å². The number of carbonyl (C=O) groups is 1. The molecular weight excluding hydrogens is 361 g/mol. The molecule has 0 saturated carbocycles. The summed E-state index contributed by atoms with van der Waals surface area (Å²) >= 11 is 0. The van der Waals surface area contributed by atoms with Crippen LogP contribution in [-0.4, -0.2) is 42.6 Å². The zero-order valence-electron chi connectivity index (χ0n) is 14.5. The van der Waals surface area contributed by atoms with Gasteiger partial charge in [-0.25, -0.2) is 0 Å². The van der Waals surface area contributed by atoms with Crippen molar-refractivity contribution in [2.24, 2.45) is 5.73 Å². The number of nitrogens with two attached hydrogens (primary N) is 1. The van der Waals surface area contributed by atoms with Crippen LogP contribution in [0.25, 0.3) is 0 Å². The quantitative estimate of drug-likeness (QED) is 0.782. The molecule has 0 bridgehead atoms. The van der Waals surface area contributed by atoms with Gasteiger partial charge in [-0.1, -0.05) is 24.3 Å². The molecular formula is C18H29Cl2N3O2. The van der Waals surface area contributed by atoms with Gasteiger partial charge in [0, 0.05) is 19.6 Å². The molecule has 3 N–H and O–H groups in total. The molecule has 1 aromatic carbocycles. The number of hydrogen-bond donors (Lipinski definition) is 2. The summed E-state index contributed by atoms with van der Waals surface area (Å²) < 4.78 is 5.63. The lowest BCUT2D eigenvalue weighted by Gasteiger charge is -2.16. The molecule has 2 saturated heterocycles. The number of benzene rings is 1. The van der Waals surface area contributed by atoms with Crippen molar-refractivity contribution in [3.8, 4) is 0 Å². The molecule has 2 aliphatic heterocycles. The van der Waals surface area contributed by atoms with Crippen LogP contribution in [0.4, 0.5) is 0 Å². The molecule has 1 aromatic rings. The monoisotopic (exact) mass is 389 g/mol. The topological polar surface area (TPSA) is 67.6 Å². The molecule has 3 rings (SSSR count). The van der Waals surface area contributed by atoms with Crippen molar-refractivity contribution in [1.82, 2.24) is 10.2 Å². The van der Waals surface area contributed by atoms with E-state index in [1.807, 2.05) is 0 Å². The van der Waals surface area contributed by atoms with Gasteiger partial charge in [-0.15, -0.1) is 24.8 Å². The summed E-state index contributed by atoms with van der Waals surface area (Å²) in [7, 11) is 0. The minimum absolute atomic E-state index is 0. The SMILES string of the molecule is Cl.Cl.NC[C@H]1CC[C@@H](C(=O)NCc2cccc(CN3CCCC3)c2)O1. The van der Waals surface area contributed by atoms with Gasteiger partial charge in [-0.3, -0.25) is 9.69 Å². The molecule has 2 heterocycles. The fourth-order valence-electron chi connectivity index (χ4n) is 3.41. The van der Waals surface area contributed by atoms with Crippen LogP contribution in [-0.2, 0) is 22.6 Å². The molecule has 2 atom stereocenters. The Labute approximate surface area is 162 Å². The number of nitrogens with zero attached hydrogens (tertiary/aromatic N) is 1. The summed E-state index contributed by atoms with van der Waals surface area (Å²) in [4.78, 5) is 14.6. The van der Waals surface area contributed by atoms with E-state index in [2.05, 4.69) is 34.5 Å². The van der Waals surface area contributed by atoms with Gasteiger partial charge in [-0.05, 0) is 49.9 Å².